The number of aromatic nitrogens is 1. The molecule has 26 heavy (non-hydrogen) atoms. The Morgan fingerprint density at radius 2 is 2.00 bits per heavy atom. The fourth-order valence-electron chi connectivity index (χ4n) is 4.02. The minimum Gasteiger partial charge on any atom is -0.354 e. The Bertz CT molecular complexity index is 698. The number of likely N-dealkylation sites (tertiary alicyclic amines) is 1. The van der Waals surface area contributed by atoms with E-state index in [1.807, 2.05) is 29.8 Å². The standard InChI is InChI=1S/C20H26N4OS/c25-20(18-6-4-14-26-18)24-9-3-5-17(16-24)15-22-10-12-23(13-11-22)19-7-1-2-8-21-19/h1-2,4,6-8,14,17H,3,5,9-13,15-16H2. The smallest absolute Gasteiger partial charge is 0.263 e. The molecule has 2 aliphatic heterocycles. The average molecular weight is 371 g/mol. The highest BCUT2D eigenvalue weighted by atomic mass is 32.1. The lowest BCUT2D eigenvalue weighted by atomic mass is 9.97. The van der Waals surface area contributed by atoms with Crippen molar-refractivity contribution in [1.29, 1.82) is 0 Å². The fraction of sp³-hybridized carbons (Fsp3) is 0.500. The molecule has 4 heterocycles. The molecular weight excluding hydrogens is 344 g/mol. The van der Waals surface area contributed by atoms with Crippen molar-refractivity contribution >= 4 is 23.1 Å². The second-order valence-corrected chi connectivity index (χ2v) is 8.16. The van der Waals surface area contributed by atoms with Gasteiger partial charge >= 0.3 is 0 Å². The van der Waals surface area contributed by atoms with Gasteiger partial charge in [-0.3, -0.25) is 9.69 Å². The van der Waals surface area contributed by atoms with Crippen molar-refractivity contribution in [3.63, 3.8) is 0 Å². The lowest BCUT2D eigenvalue weighted by Crippen LogP contribution is -2.50. The van der Waals surface area contributed by atoms with Gasteiger partial charge in [0.2, 0.25) is 0 Å². The normalized spacial score (nSPS) is 21.8. The van der Waals surface area contributed by atoms with Crippen LogP contribution in [0.4, 0.5) is 5.82 Å². The molecule has 0 saturated carbocycles. The van der Waals surface area contributed by atoms with E-state index >= 15 is 0 Å². The summed E-state index contributed by atoms with van der Waals surface area (Å²) < 4.78 is 0. The number of carbonyl (C=O) groups is 1. The summed E-state index contributed by atoms with van der Waals surface area (Å²) in [5.74, 6) is 1.89. The minimum atomic E-state index is 0.213. The minimum absolute atomic E-state index is 0.213. The molecule has 5 nitrogen and oxygen atoms in total. The molecule has 1 amide bonds. The third-order valence-corrected chi connectivity index (χ3v) is 6.26. The van der Waals surface area contributed by atoms with Crippen molar-refractivity contribution in [3.05, 3.63) is 46.8 Å². The summed E-state index contributed by atoms with van der Waals surface area (Å²) in [6, 6.07) is 10.0. The first-order valence-electron chi connectivity index (χ1n) is 9.51. The molecule has 4 rings (SSSR count). The van der Waals surface area contributed by atoms with Gasteiger partial charge in [0.15, 0.2) is 0 Å². The quantitative estimate of drug-likeness (QED) is 0.830. The van der Waals surface area contributed by atoms with E-state index in [0.717, 1.165) is 62.9 Å². The van der Waals surface area contributed by atoms with E-state index in [2.05, 4.69) is 31.8 Å². The first-order valence-corrected chi connectivity index (χ1v) is 10.4. The predicted molar refractivity (Wildman–Crippen MR) is 106 cm³/mol. The zero-order valence-electron chi connectivity index (χ0n) is 15.1. The summed E-state index contributed by atoms with van der Waals surface area (Å²) in [6.45, 7) is 7.11. The van der Waals surface area contributed by atoms with Gasteiger partial charge in [-0.1, -0.05) is 12.1 Å². The molecule has 2 aromatic rings. The molecule has 0 spiro atoms. The molecule has 0 radical (unpaired) electrons. The van der Waals surface area contributed by atoms with Crippen LogP contribution in [0.5, 0.6) is 0 Å². The molecule has 138 valence electrons. The van der Waals surface area contributed by atoms with Crippen molar-refractivity contribution < 1.29 is 4.79 Å². The highest BCUT2D eigenvalue weighted by Crippen LogP contribution is 2.22. The molecule has 1 atom stereocenters. The van der Waals surface area contributed by atoms with Gasteiger partial charge < -0.3 is 9.80 Å². The Labute approximate surface area is 159 Å². The Morgan fingerprint density at radius 1 is 1.12 bits per heavy atom. The first kappa shape index (κ1) is 17.5. The van der Waals surface area contributed by atoms with Crippen molar-refractivity contribution in [2.75, 3.05) is 50.7 Å². The van der Waals surface area contributed by atoms with E-state index in [4.69, 9.17) is 0 Å². The predicted octanol–water partition coefficient (Wildman–Crippen LogP) is 2.82. The number of hydrogen-bond donors (Lipinski definition) is 0. The third-order valence-electron chi connectivity index (χ3n) is 5.40. The van der Waals surface area contributed by atoms with Crippen LogP contribution in [0.25, 0.3) is 0 Å². The van der Waals surface area contributed by atoms with Gasteiger partial charge in [0.05, 0.1) is 4.88 Å². The largest absolute Gasteiger partial charge is 0.354 e. The third kappa shape index (κ3) is 4.07. The van der Waals surface area contributed by atoms with E-state index in [9.17, 15) is 4.79 Å². The van der Waals surface area contributed by atoms with E-state index < -0.39 is 0 Å². The molecule has 6 heteroatoms. The number of nitrogens with zero attached hydrogens (tertiary/aromatic N) is 4. The Balaban J connectivity index is 1.27. The number of anilines is 1. The Hall–Kier alpha value is -1.92. The van der Waals surface area contributed by atoms with Gasteiger partial charge in [-0.2, -0.15) is 0 Å². The van der Waals surface area contributed by atoms with E-state index in [1.165, 1.54) is 6.42 Å². The number of thiophene rings is 1. The molecule has 2 aromatic heterocycles. The van der Waals surface area contributed by atoms with Crippen molar-refractivity contribution in [3.8, 4) is 0 Å². The summed E-state index contributed by atoms with van der Waals surface area (Å²) >= 11 is 1.55. The van der Waals surface area contributed by atoms with Crippen LogP contribution in [-0.4, -0.2) is 66.5 Å². The maximum Gasteiger partial charge on any atom is 0.263 e. The summed E-state index contributed by atoms with van der Waals surface area (Å²) in [7, 11) is 0. The summed E-state index contributed by atoms with van der Waals surface area (Å²) in [5, 5.41) is 1.98. The van der Waals surface area contributed by atoms with Crippen molar-refractivity contribution in [2.45, 2.75) is 12.8 Å². The molecule has 2 saturated heterocycles. The number of piperidine rings is 1. The van der Waals surface area contributed by atoms with Crippen LogP contribution in [-0.2, 0) is 0 Å². The number of rotatable bonds is 4. The van der Waals surface area contributed by atoms with Crippen LogP contribution in [0, 0.1) is 5.92 Å². The van der Waals surface area contributed by atoms with E-state index in [0.29, 0.717) is 5.92 Å². The molecule has 0 aromatic carbocycles. The number of carbonyl (C=O) groups excluding carboxylic acids is 1. The zero-order valence-corrected chi connectivity index (χ0v) is 15.9. The van der Waals surface area contributed by atoms with Gasteiger partial charge in [-0.25, -0.2) is 4.98 Å². The number of piperazine rings is 1. The van der Waals surface area contributed by atoms with Gasteiger partial charge in [-0.05, 0) is 42.3 Å². The maximum absolute atomic E-state index is 12.6. The number of amides is 1. The van der Waals surface area contributed by atoms with Crippen LogP contribution in [0.2, 0.25) is 0 Å². The summed E-state index contributed by atoms with van der Waals surface area (Å²) in [5.41, 5.74) is 0. The van der Waals surface area contributed by atoms with Crippen LogP contribution in [0.15, 0.2) is 41.9 Å². The fourth-order valence-corrected chi connectivity index (χ4v) is 4.71. The molecule has 1 unspecified atom stereocenters. The summed E-state index contributed by atoms with van der Waals surface area (Å²) in [4.78, 5) is 24.9. The molecule has 0 aliphatic carbocycles. The lowest BCUT2D eigenvalue weighted by Gasteiger charge is -2.39. The van der Waals surface area contributed by atoms with Gasteiger partial charge in [0.25, 0.3) is 5.91 Å². The van der Waals surface area contributed by atoms with E-state index in [-0.39, 0.29) is 5.91 Å². The van der Waals surface area contributed by atoms with Crippen molar-refractivity contribution in [2.24, 2.45) is 5.92 Å². The lowest BCUT2D eigenvalue weighted by molar-refractivity contribution is 0.0642. The van der Waals surface area contributed by atoms with Crippen LogP contribution in [0.1, 0.15) is 22.5 Å². The molecule has 0 bridgehead atoms. The molecule has 0 N–H and O–H groups in total. The van der Waals surface area contributed by atoms with Crippen LogP contribution >= 0.6 is 11.3 Å². The molecule has 2 fully saturated rings. The second kappa shape index (κ2) is 8.18. The summed E-state index contributed by atoms with van der Waals surface area (Å²) in [6.07, 6.45) is 4.22. The number of hydrogen-bond acceptors (Lipinski definition) is 5. The monoisotopic (exact) mass is 370 g/mol. The first-order chi connectivity index (χ1) is 12.8. The average Bonchev–Trinajstić information content (AvgIpc) is 3.24. The van der Waals surface area contributed by atoms with Crippen LogP contribution < -0.4 is 4.90 Å². The molecule has 2 aliphatic rings. The molecular formula is C20H26N4OS. The Kier molecular flexibility index (Phi) is 5.51. The Morgan fingerprint density at radius 3 is 2.73 bits per heavy atom. The van der Waals surface area contributed by atoms with Crippen LogP contribution in [0.3, 0.4) is 0 Å². The van der Waals surface area contributed by atoms with E-state index in [1.54, 1.807) is 11.3 Å². The van der Waals surface area contributed by atoms with Crippen molar-refractivity contribution in [1.82, 2.24) is 14.8 Å². The topological polar surface area (TPSA) is 39.7 Å². The number of pyridine rings is 1. The van der Waals surface area contributed by atoms with Gasteiger partial charge in [0.1, 0.15) is 5.82 Å². The SMILES string of the molecule is O=C(c1cccs1)N1CCCC(CN2CCN(c3ccccn3)CC2)C1. The highest BCUT2D eigenvalue weighted by Gasteiger charge is 2.27. The maximum atomic E-state index is 12.6. The second-order valence-electron chi connectivity index (χ2n) is 7.21. The van der Waals surface area contributed by atoms with Gasteiger partial charge in [-0.15, -0.1) is 11.3 Å². The highest BCUT2D eigenvalue weighted by molar-refractivity contribution is 7.12. The zero-order chi connectivity index (χ0) is 17.8. The van der Waals surface area contributed by atoms with Gasteiger partial charge in [0, 0.05) is 52.0 Å².